The highest BCUT2D eigenvalue weighted by atomic mass is 32.1. The van der Waals surface area contributed by atoms with Gasteiger partial charge in [-0.1, -0.05) is 0 Å². The van der Waals surface area contributed by atoms with Crippen LogP contribution in [0.3, 0.4) is 0 Å². The van der Waals surface area contributed by atoms with Gasteiger partial charge in [0.1, 0.15) is 12.0 Å². The van der Waals surface area contributed by atoms with E-state index in [2.05, 4.69) is 15.0 Å². The second-order valence-electron chi connectivity index (χ2n) is 2.09. The molecular weight excluding hydrogens is 178 g/mol. The van der Waals surface area contributed by atoms with E-state index in [-0.39, 0.29) is 4.74 Å². The second-order valence-corrected chi connectivity index (χ2v) is 3.03. The van der Waals surface area contributed by atoms with Crippen molar-refractivity contribution in [2.75, 3.05) is 0 Å². The van der Waals surface area contributed by atoms with Crippen molar-refractivity contribution in [1.82, 2.24) is 15.0 Å². The number of rotatable bonds is 0. The molecule has 0 aliphatic heterocycles. The number of hydrogen-bond acceptors (Lipinski definition) is 5. The molecule has 6 heteroatoms. The van der Waals surface area contributed by atoms with Crippen molar-refractivity contribution >= 4 is 22.4 Å². The third kappa shape index (κ3) is 1.02. The van der Waals surface area contributed by atoms with Crippen molar-refractivity contribution in [3.05, 3.63) is 31.7 Å². The average Bonchev–Trinajstić information content (AvgIpc) is 2.04. The molecule has 0 amide bonds. The van der Waals surface area contributed by atoms with Gasteiger partial charge in [-0.15, -0.1) is 0 Å². The normalized spacial score (nSPS) is 10.3. The van der Waals surface area contributed by atoms with Crippen LogP contribution in [0.15, 0.2) is 22.1 Å². The van der Waals surface area contributed by atoms with Gasteiger partial charge in [-0.25, -0.2) is 9.97 Å². The lowest BCUT2D eigenvalue weighted by atomic mass is 10.4. The molecule has 0 saturated heterocycles. The van der Waals surface area contributed by atoms with E-state index in [1.165, 1.54) is 12.5 Å². The average molecular weight is 181 g/mol. The van der Waals surface area contributed by atoms with Crippen molar-refractivity contribution in [1.29, 1.82) is 0 Å². The summed E-state index contributed by atoms with van der Waals surface area (Å²) in [5.41, 5.74) is 0.291. The van der Waals surface area contributed by atoms with Crippen LogP contribution in [0.5, 0.6) is 0 Å². The Bertz CT molecular complexity index is 530. The molecule has 0 fully saturated rings. The van der Waals surface area contributed by atoms with Crippen LogP contribution in [0.4, 0.5) is 0 Å². The summed E-state index contributed by atoms with van der Waals surface area (Å²) in [6.45, 7) is 0. The fourth-order valence-corrected chi connectivity index (χ4v) is 1.42. The van der Waals surface area contributed by atoms with Gasteiger partial charge in [0.25, 0.3) is 0 Å². The molecule has 5 nitrogen and oxygen atoms in total. The second kappa shape index (κ2) is 2.49. The van der Waals surface area contributed by atoms with Crippen molar-refractivity contribution in [2.24, 2.45) is 0 Å². The zero-order chi connectivity index (χ0) is 8.55. The van der Waals surface area contributed by atoms with Gasteiger partial charge in [0, 0.05) is 6.20 Å². The van der Waals surface area contributed by atoms with E-state index in [0.717, 1.165) is 0 Å². The van der Waals surface area contributed by atoms with E-state index in [1.807, 2.05) is 0 Å². The maximum Gasteiger partial charge on any atom is 0.309 e. The fraction of sp³-hybridized carbons (Fsp3) is 0. The lowest BCUT2D eigenvalue weighted by Crippen LogP contribution is -2.10. The molecule has 0 bridgehead atoms. The summed E-state index contributed by atoms with van der Waals surface area (Å²) in [7, 11) is 0. The largest absolute Gasteiger partial charge is 0.309 e. The van der Waals surface area contributed by atoms with Gasteiger partial charge in [0.15, 0.2) is 0 Å². The smallest absolute Gasteiger partial charge is 0.297 e. The number of H-pyrrole nitrogens is 1. The summed E-state index contributed by atoms with van der Waals surface area (Å²) < 4.78 is -0.311. The Balaban J connectivity index is 3.09. The zero-order valence-electron chi connectivity index (χ0n) is 5.77. The maximum absolute atomic E-state index is 11.1. The van der Waals surface area contributed by atoms with Crippen LogP contribution in [0.25, 0.3) is 11.0 Å². The molecule has 12 heavy (non-hydrogen) atoms. The molecular formula is C6H3N3O2S. The number of nitrogens with zero attached hydrogens (tertiary/aromatic N) is 2. The zero-order valence-corrected chi connectivity index (χ0v) is 6.59. The number of fused-ring (bicyclic) bond motifs is 1. The van der Waals surface area contributed by atoms with Gasteiger partial charge in [-0.2, -0.15) is 0 Å². The molecule has 0 aliphatic rings. The number of aromatic amines is 1. The predicted octanol–water partition coefficient (Wildman–Crippen LogP) is -0.260. The molecule has 0 atom stereocenters. The molecule has 2 heterocycles. The van der Waals surface area contributed by atoms with Crippen LogP contribution in [-0.2, 0) is 0 Å². The molecule has 2 aromatic heterocycles. The monoisotopic (exact) mass is 181 g/mol. The first-order valence-electron chi connectivity index (χ1n) is 3.10. The van der Waals surface area contributed by atoms with Crippen LogP contribution >= 0.6 is 11.3 Å². The summed E-state index contributed by atoms with van der Waals surface area (Å²) in [5.74, 6) is 0. The molecule has 60 valence electrons. The van der Waals surface area contributed by atoms with Crippen LogP contribution in [0.2, 0.25) is 0 Å². The predicted molar refractivity (Wildman–Crippen MR) is 44.3 cm³/mol. The molecule has 1 N–H and O–H groups in total. The molecule has 0 spiro atoms. The first kappa shape index (κ1) is 7.11. The van der Waals surface area contributed by atoms with Crippen molar-refractivity contribution in [2.45, 2.75) is 0 Å². The van der Waals surface area contributed by atoms with Crippen molar-refractivity contribution in [3.63, 3.8) is 0 Å². The minimum Gasteiger partial charge on any atom is -0.297 e. The summed E-state index contributed by atoms with van der Waals surface area (Å²) >= 11 is 0.615. The molecule has 2 aromatic rings. The third-order valence-electron chi connectivity index (χ3n) is 1.34. The Morgan fingerprint density at radius 3 is 3.08 bits per heavy atom. The number of aromatic nitrogens is 3. The van der Waals surface area contributed by atoms with E-state index >= 15 is 0 Å². The van der Waals surface area contributed by atoms with Gasteiger partial charge in [-0.05, 0) is 11.3 Å². The van der Waals surface area contributed by atoms with Crippen LogP contribution in [0.1, 0.15) is 0 Å². The summed E-state index contributed by atoms with van der Waals surface area (Å²) in [4.78, 5) is 31.4. The maximum atomic E-state index is 11.1. The molecule has 2 rings (SSSR count). The van der Waals surface area contributed by atoms with E-state index in [4.69, 9.17) is 0 Å². The Kier molecular flexibility index (Phi) is 1.47. The molecule has 0 aromatic carbocycles. The Hall–Kier alpha value is -1.56. The number of nitrogens with one attached hydrogen (secondary N) is 1. The highest BCUT2D eigenvalue weighted by Gasteiger charge is 1.99. The van der Waals surface area contributed by atoms with Gasteiger partial charge >= 0.3 is 4.87 Å². The highest BCUT2D eigenvalue weighted by molar-refractivity contribution is 7.07. The minimum absolute atomic E-state index is 0.291. The van der Waals surface area contributed by atoms with Gasteiger partial charge in [0.2, 0.25) is 4.74 Å². The molecule has 0 aliphatic carbocycles. The molecule has 0 unspecified atom stereocenters. The first-order chi connectivity index (χ1) is 5.77. The Morgan fingerprint density at radius 2 is 2.25 bits per heavy atom. The Labute approximate surface area is 69.7 Å². The van der Waals surface area contributed by atoms with E-state index in [9.17, 15) is 9.59 Å². The third-order valence-corrected chi connectivity index (χ3v) is 2.03. The van der Waals surface area contributed by atoms with Crippen LogP contribution in [0, 0.1) is 0 Å². The lowest BCUT2D eigenvalue weighted by Gasteiger charge is -1.89. The van der Waals surface area contributed by atoms with Gasteiger partial charge < -0.3 is 0 Å². The summed E-state index contributed by atoms with van der Waals surface area (Å²) in [6, 6.07) is 0. The highest BCUT2D eigenvalue weighted by Crippen LogP contribution is 1.96. The first-order valence-corrected chi connectivity index (χ1v) is 3.92. The van der Waals surface area contributed by atoms with Gasteiger partial charge in [0.05, 0.1) is 5.39 Å². The number of hydrogen-bond donors (Lipinski definition) is 1. The molecule has 0 radical (unpaired) electrons. The van der Waals surface area contributed by atoms with Crippen LogP contribution in [-0.4, -0.2) is 15.0 Å². The lowest BCUT2D eigenvalue weighted by molar-refractivity contribution is 1.18. The van der Waals surface area contributed by atoms with E-state index < -0.39 is 4.87 Å². The van der Waals surface area contributed by atoms with Crippen LogP contribution < -0.4 is 9.62 Å². The fourth-order valence-electron chi connectivity index (χ4n) is 0.840. The summed E-state index contributed by atoms with van der Waals surface area (Å²) in [6.07, 6.45) is 2.67. The molecule has 0 saturated carbocycles. The van der Waals surface area contributed by atoms with Crippen molar-refractivity contribution in [3.8, 4) is 0 Å². The summed E-state index contributed by atoms with van der Waals surface area (Å²) in [5, 5.41) is 0.349. The van der Waals surface area contributed by atoms with E-state index in [0.29, 0.717) is 22.4 Å². The minimum atomic E-state index is -0.397. The van der Waals surface area contributed by atoms with E-state index in [1.54, 1.807) is 0 Å². The topological polar surface area (TPSA) is 75.7 Å². The van der Waals surface area contributed by atoms with Crippen molar-refractivity contribution < 1.29 is 0 Å². The van der Waals surface area contributed by atoms with Gasteiger partial charge in [-0.3, -0.25) is 14.6 Å². The quantitative estimate of drug-likeness (QED) is 0.607. The Morgan fingerprint density at radius 1 is 1.42 bits per heavy atom. The SMILES string of the molecule is O=c1[nH]c2ncncc2c(=O)s1. The standard InChI is InChI=1S/C6H3N3O2S/c10-5-3-1-7-2-8-4(3)9-6(11)12-5/h1-2H,(H,7,8,9,11).